The van der Waals surface area contributed by atoms with Crippen molar-refractivity contribution in [3.05, 3.63) is 74.3 Å². The first-order valence-corrected chi connectivity index (χ1v) is 8.01. The molecule has 0 fully saturated rings. The van der Waals surface area contributed by atoms with Crippen molar-refractivity contribution in [2.45, 2.75) is 0 Å². The average molecular weight is 396 g/mol. The first kappa shape index (κ1) is 18.9. The zero-order chi connectivity index (χ0) is 18.4. The molecule has 0 unspecified atom stereocenters. The first-order valence-electron chi connectivity index (χ1n) is 6.85. The normalized spacial score (nSPS) is 10.5. The zero-order valence-electron chi connectivity index (χ0n) is 12.5. The van der Waals surface area contributed by atoms with E-state index in [-0.39, 0.29) is 15.8 Å². The fourth-order valence-corrected chi connectivity index (χ4v) is 2.33. The lowest BCUT2D eigenvalue weighted by atomic mass is 10.2. The lowest BCUT2D eigenvalue weighted by molar-refractivity contribution is -0.384. The Bertz CT molecular complexity index is 854. The molecule has 2 aromatic carbocycles. The highest BCUT2D eigenvalue weighted by atomic mass is 35.5. The van der Waals surface area contributed by atoms with E-state index in [9.17, 15) is 14.9 Å². The summed E-state index contributed by atoms with van der Waals surface area (Å²) in [5.41, 5.74) is 1.01. The molecular weight excluding hydrogens is 385 g/mol. The summed E-state index contributed by atoms with van der Waals surface area (Å²) in [7, 11) is 0. The van der Waals surface area contributed by atoms with Gasteiger partial charge in [-0.3, -0.25) is 20.2 Å². The highest BCUT2D eigenvalue weighted by Crippen LogP contribution is 2.26. The minimum atomic E-state index is -0.558. The second kappa shape index (κ2) is 8.57. The Morgan fingerprint density at radius 2 is 1.84 bits per heavy atom. The number of anilines is 1. The van der Waals surface area contributed by atoms with Gasteiger partial charge in [-0.1, -0.05) is 35.3 Å². The van der Waals surface area contributed by atoms with Gasteiger partial charge in [-0.25, -0.2) is 0 Å². The molecule has 0 aliphatic carbocycles. The number of hydrogen-bond acceptors (Lipinski definition) is 4. The lowest BCUT2D eigenvalue weighted by Gasteiger charge is -2.09. The van der Waals surface area contributed by atoms with Crippen LogP contribution in [-0.4, -0.2) is 15.9 Å². The van der Waals surface area contributed by atoms with E-state index in [1.807, 2.05) is 0 Å². The van der Waals surface area contributed by atoms with E-state index < -0.39 is 10.8 Å². The monoisotopic (exact) mass is 395 g/mol. The molecule has 0 aliphatic rings. The third-order valence-electron chi connectivity index (χ3n) is 2.95. The molecule has 128 valence electrons. The summed E-state index contributed by atoms with van der Waals surface area (Å²) in [6.45, 7) is 0. The predicted molar refractivity (Wildman–Crippen MR) is 103 cm³/mol. The number of non-ortho nitro benzene ring substituents is 1. The van der Waals surface area contributed by atoms with Crippen LogP contribution in [0.5, 0.6) is 0 Å². The highest BCUT2D eigenvalue weighted by molar-refractivity contribution is 7.80. The molecular formula is C16H11Cl2N3O3S. The van der Waals surface area contributed by atoms with Crippen LogP contribution >= 0.6 is 35.4 Å². The Labute approximate surface area is 158 Å². The molecule has 25 heavy (non-hydrogen) atoms. The molecule has 0 aliphatic heterocycles. The molecule has 2 N–H and O–H groups in total. The number of carbonyl (C=O) groups is 1. The topological polar surface area (TPSA) is 84.3 Å². The number of amides is 1. The second-order valence-corrected chi connectivity index (χ2v) is 6.00. The van der Waals surface area contributed by atoms with Gasteiger partial charge in [0.05, 0.1) is 15.6 Å². The fourth-order valence-electron chi connectivity index (χ4n) is 1.77. The number of rotatable bonds is 4. The van der Waals surface area contributed by atoms with Crippen LogP contribution in [0.1, 0.15) is 5.56 Å². The minimum Gasteiger partial charge on any atom is -0.331 e. The van der Waals surface area contributed by atoms with Crippen LogP contribution in [0.3, 0.4) is 0 Å². The van der Waals surface area contributed by atoms with Crippen LogP contribution in [-0.2, 0) is 4.79 Å². The quantitative estimate of drug-likeness (QED) is 0.346. The van der Waals surface area contributed by atoms with Crippen LogP contribution in [0, 0.1) is 10.1 Å². The Balaban J connectivity index is 1.94. The Kier molecular flexibility index (Phi) is 6.46. The maximum Gasteiger partial charge on any atom is 0.271 e. The summed E-state index contributed by atoms with van der Waals surface area (Å²) >= 11 is 16.7. The van der Waals surface area contributed by atoms with Gasteiger partial charge in [-0.2, -0.15) is 0 Å². The smallest absolute Gasteiger partial charge is 0.271 e. The van der Waals surface area contributed by atoms with Gasteiger partial charge in [0.25, 0.3) is 5.69 Å². The minimum absolute atomic E-state index is 0.0153. The number of hydrogen-bond donors (Lipinski definition) is 2. The van der Waals surface area contributed by atoms with Gasteiger partial charge >= 0.3 is 0 Å². The van der Waals surface area contributed by atoms with Crippen LogP contribution < -0.4 is 10.6 Å². The van der Waals surface area contributed by atoms with Gasteiger partial charge in [0.1, 0.15) is 0 Å². The van der Waals surface area contributed by atoms with Crippen molar-refractivity contribution in [3.8, 4) is 0 Å². The molecule has 0 aromatic heterocycles. The number of thiocarbonyl (C=S) groups is 1. The number of nitro benzene ring substituents is 1. The van der Waals surface area contributed by atoms with Crippen molar-refractivity contribution in [2.24, 2.45) is 0 Å². The molecule has 9 heteroatoms. The molecule has 0 spiro atoms. The highest BCUT2D eigenvalue weighted by Gasteiger charge is 2.10. The Morgan fingerprint density at radius 1 is 1.16 bits per heavy atom. The van der Waals surface area contributed by atoms with Crippen LogP contribution in [0.4, 0.5) is 11.4 Å². The van der Waals surface area contributed by atoms with Crippen LogP contribution in [0.25, 0.3) is 6.08 Å². The number of nitrogens with one attached hydrogen (secondary N) is 2. The van der Waals surface area contributed by atoms with E-state index in [4.69, 9.17) is 35.4 Å². The summed E-state index contributed by atoms with van der Waals surface area (Å²) in [4.78, 5) is 21.9. The maximum atomic E-state index is 11.8. The van der Waals surface area contributed by atoms with E-state index >= 15 is 0 Å². The average Bonchev–Trinajstić information content (AvgIpc) is 2.56. The molecule has 0 heterocycles. The third-order valence-corrected chi connectivity index (χ3v) is 3.71. The predicted octanol–water partition coefficient (Wildman–Crippen LogP) is 4.43. The van der Waals surface area contributed by atoms with Gasteiger partial charge in [-0.05, 0) is 42.1 Å². The fraction of sp³-hybridized carbons (Fsp3) is 0. The molecule has 0 saturated carbocycles. The number of benzene rings is 2. The first-order chi connectivity index (χ1) is 11.8. The van der Waals surface area contributed by atoms with Gasteiger partial charge in [0.15, 0.2) is 5.11 Å². The van der Waals surface area contributed by atoms with Crippen molar-refractivity contribution >= 4 is 63.9 Å². The van der Waals surface area contributed by atoms with E-state index in [0.717, 1.165) is 5.56 Å². The molecule has 0 atom stereocenters. The summed E-state index contributed by atoms with van der Waals surface area (Å²) < 4.78 is 0. The number of nitrogens with zero attached hydrogens (tertiary/aromatic N) is 1. The summed E-state index contributed by atoms with van der Waals surface area (Å²) in [6.07, 6.45) is 2.92. The van der Waals surface area contributed by atoms with Crippen LogP contribution in [0.15, 0.2) is 48.5 Å². The summed E-state index contributed by atoms with van der Waals surface area (Å²) in [5, 5.41) is 16.6. The molecule has 6 nitrogen and oxygen atoms in total. The largest absolute Gasteiger partial charge is 0.331 e. The Hall–Kier alpha value is -2.48. The van der Waals surface area contributed by atoms with Gasteiger partial charge in [0.2, 0.25) is 5.91 Å². The van der Waals surface area contributed by atoms with E-state index in [1.165, 1.54) is 24.3 Å². The van der Waals surface area contributed by atoms with Crippen molar-refractivity contribution in [1.29, 1.82) is 0 Å². The maximum absolute atomic E-state index is 11.8. The molecule has 0 saturated heterocycles. The standard InChI is InChI=1S/C16H11Cl2N3O3S/c17-11-4-1-10(2-5-11)3-8-15(22)20-16(25)19-14-7-6-12(21(23)24)9-13(14)18/h1-9H,(H2,19,20,22,25)/b8-3+. The van der Waals surface area contributed by atoms with Crippen molar-refractivity contribution < 1.29 is 9.72 Å². The number of carbonyl (C=O) groups excluding carboxylic acids is 1. The van der Waals surface area contributed by atoms with Gasteiger partial charge in [-0.15, -0.1) is 0 Å². The van der Waals surface area contributed by atoms with Crippen molar-refractivity contribution in [2.75, 3.05) is 5.32 Å². The summed E-state index contributed by atoms with van der Waals surface area (Å²) in [6, 6.07) is 10.8. The van der Waals surface area contributed by atoms with E-state index in [2.05, 4.69) is 10.6 Å². The van der Waals surface area contributed by atoms with Crippen molar-refractivity contribution in [1.82, 2.24) is 5.32 Å². The Morgan fingerprint density at radius 3 is 2.44 bits per heavy atom. The summed E-state index contributed by atoms with van der Waals surface area (Å²) in [5.74, 6) is -0.439. The van der Waals surface area contributed by atoms with Gasteiger partial charge < -0.3 is 5.32 Å². The van der Waals surface area contributed by atoms with Gasteiger partial charge in [0, 0.05) is 23.2 Å². The SMILES string of the molecule is O=C(/C=C/c1ccc(Cl)cc1)NC(=S)Nc1ccc([N+](=O)[O-])cc1Cl. The van der Waals surface area contributed by atoms with Crippen molar-refractivity contribution in [3.63, 3.8) is 0 Å². The lowest BCUT2D eigenvalue weighted by Crippen LogP contribution is -2.32. The molecule has 2 aromatic rings. The van der Waals surface area contributed by atoms with E-state index in [0.29, 0.717) is 10.7 Å². The molecule has 1 amide bonds. The molecule has 2 rings (SSSR count). The third kappa shape index (κ3) is 5.82. The number of halogens is 2. The molecule has 0 radical (unpaired) electrons. The van der Waals surface area contributed by atoms with Crippen LogP contribution in [0.2, 0.25) is 10.0 Å². The number of nitro groups is 1. The zero-order valence-corrected chi connectivity index (χ0v) is 14.9. The molecule has 0 bridgehead atoms. The second-order valence-electron chi connectivity index (χ2n) is 4.75. The van der Waals surface area contributed by atoms with E-state index in [1.54, 1.807) is 30.3 Å².